The number of nitrogens with zero attached hydrogens (tertiary/aromatic N) is 2. The summed E-state index contributed by atoms with van der Waals surface area (Å²) in [5, 5.41) is 8.63. The number of carbonyl (C=O) groups excluding carboxylic acids is 1. The van der Waals surface area contributed by atoms with E-state index < -0.39 is 5.41 Å². The Balaban J connectivity index is 2.01. The van der Waals surface area contributed by atoms with E-state index in [4.69, 9.17) is 5.41 Å². The highest BCUT2D eigenvalue weighted by molar-refractivity contribution is 6.26. The molecule has 0 aromatic heterocycles. The third-order valence-corrected chi connectivity index (χ3v) is 4.50. The highest BCUT2D eigenvalue weighted by atomic mass is 16.2. The average molecular weight is 307 g/mol. The van der Waals surface area contributed by atoms with Gasteiger partial charge in [-0.05, 0) is 38.1 Å². The van der Waals surface area contributed by atoms with Gasteiger partial charge >= 0.3 is 0 Å². The second-order valence-corrected chi connectivity index (χ2v) is 6.43. The van der Waals surface area contributed by atoms with E-state index in [0.717, 1.165) is 11.4 Å². The number of benzene rings is 2. The molecule has 1 heterocycles. The van der Waals surface area contributed by atoms with E-state index in [1.165, 1.54) is 4.90 Å². The Morgan fingerprint density at radius 2 is 1.52 bits per heavy atom. The fraction of sp³-hybridized carbons (Fsp3) is 0.263. The zero-order valence-electron chi connectivity index (χ0n) is 13.7. The van der Waals surface area contributed by atoms with Gasteiger partial charge in [-0.15, -0.1) is 0 Å². The van der Waals surface area contributed by atoms with E-state index in [2.05, 4.69) is 0 Å². The van der Waals surface area contributed by atoms with Crippen molar-refractivity contribution in [1.82, 2.24) is 0 Å². The lowest BCUT2D eigenvalue weighted by Crippen LogP contribution is -2.45. The minimum Gasteiger partial charge on any atom is -0.363 e. The lowest BCUT2D eigenvalue weighted by atomic mass is 9.85. The fourth-order valence-electron chi connectivity index (χ4n) is 3.29. The molecule has 1 atom stereocenters. The number of anilines is 2. The summed E-state index contributed by atoms with van der Waals surface area (Å²) in [4.78, 5) is 16.5. The molecule has 4 heteroatoms. The third-order valence-electron chi connectivity index (χ3n) is 4.50. The van der Waals surface area contributed by atoms with E-state index >= 15 is 0 Å². The maximum absolute atomic E-state index is 12.9. The summed E-state index contributed by atoms with van der Waals surface area (Å²) in [6.07, 6.45) is 0. The number of nitrogens with one attached hydrogen (secondary N) is 1. The molecule has 1 fully saturated rings. The van der Waals surface area contributed by atoms with Gasteiger partial charge in [0.05, 0.1) is 11.1 Å². The zero-order chi connectivity index (χ0) is 16.6. The molecule has 118 valence electrons. The van der Waals surface area contributed by atoms with Crippen LogP contribution >= 0.6 is 0 Å². The monoisotopic (exact) mass is 307 g/mol. The summed E-state index contributed by atoms with van der Waals surface area (Å²) >= 11 is 0. The maximum Gasteiger partial charge on any atom is 0.240 e. The highest BCUT2D eigenvalue weighted by Gasteiger charge is 2.53. The van der Waals surface area contributed by atoms with Crippen LogP contribution in [0.25, 0.3) is 0 Å². The summed E-state index contributed by atoms with van der Waals surface area (Å²) in [7, 11) is 1.94. The van der Waals surface area contributed by atoms with E-state index in [-0.39, 0.29) is 11.9 Å². The number of carbonyl (C=O) groups is 1. The van der Waals surface area contributed by atoms with Gasteiger partial charge in [0.25, 0.3) is 0 Å². The van der Waals surface area contributed by atoms with Crippen molar-refractivity contribution in [2.45, 2.75) is 19.9 Å². The lowest BCUT2D eigenvalue weighted by molar-refractivity contribution is -0.124. The Morgan fingerprint density at radius 3 is 2.09 bits per heavy atom. The molecule has 1 N–H and O–H groups in total. The molecule has 3 rings (SSSR count). The molecular formula is C19H21N3O. The van der Waals surface area contributed by atoms with E-state index in [9.17, 15) is 4.79 Å². The molecule has 1 aliphatic rings. The smallest absolute Gasteiger partial charge is 0.240 e. The summed E-state index contributed by atoms with van der Waals surface area (Å²) in [6.45, 7) is 3.83. The summed E-state index contributed by atoms with van der Waals surface area (Å²) in [6, 6.07) is 19.0. The lowest BCUT2D eigenvalue weighted by Gasteiger charge is -2.33. The average Bonchev–Trinajstić information content (AvgIpc) is 2.74. The molecule has 0 spiro atoms. The van der Waals surface area contributed by atoms with Gasteiger partial charge < -0.3 is 4.90 Å². The van der Waals surface area contributed by atoms with Crippen molar-refractivity contribution < 1.29 is 4.79 Å². The molecule has 0 aliphatic carbocycles. The molecule has 2 aromatic rings. The molecular weight excluding hydrogens is 286 g/mol. The number of amidine groups is 1. The van der Waals surface area contributed by atoms with Crippen LogP contribution in [0.1, 0.15) is 13.8 Å². The Bertz CT molecular complexity index is 725. The molecule has 4 nitrogen and oxygen atoms in total. The van der Waals surface area contributed by atoms with Crippen LogP contribution in [0.15, 0.2) is 60.7 Å². The van der Waals surface area contributed by atoms with Crippen LogP contribution in [-0.2, 0) is 4.79 Å². The molecule has 2 aromatic carbocycles. The van der Waals surface area contributed by atoms with Crippen molar-refractivity contribution in [2.75, 3.05) is 16.8 Å². The van der Waals surface area contributed by atoms with Gasteiger partial charge in [-0.2, -0.15) is 0 Å². The Hall–Kier alpha value is -2.62. The minimum absolute atomic E-state index is 0.0403. The van der Waals surface area contributed by atoms with Gasteiger partial charge in [-0.1, -0.05) is 36.4 Å². The van der Waals surface area contributed by atoms with Crippen molar-refractivity contribution in [3.05, 3.63) is 60.7 Å². The molecule has 1 unspecified atom stereocenters. The van der Waals surface area contributed by atoms with Crippen LogP contribution in [0, 0.1) is 10.8 Å². The number of hydrogen-bond acceptors (Lipinski definition) is 3. The fourth-order valence-corrected chi connectivity index (χ4v) is 3.29. The van der Waals surface area contributed by atoms with Crippen LogP contribution in [0.5, 0.6) is 0 Å². The molecule has 23 heavy (non-hydrogen) atoms. The van der Waals surface area contributed by atoms with Gasteiger partial charge in [0.15, 0.2) is 0 Å². The number of para-hydroxylation sites is 2. The van der Waals surface area contributed by atoms with Gasteiger partial charge in [0.2, 0.25) is 5.91 Å². The van der Waals surface area contributed by atoms with Crippen molar-refractivity contribution >= 4 is 23.1 Å². The Kier molecular flexibility index (Phi) is 3.68. The third kappa shape index (κ3) is 2.40. The van der Waals surface area contributed by atoms with Gasteiger partial charge in [0.1, 0.15) is 11.9 Å². The molecule has 1 amide bonds. The maximum atomic E-state index is 12.9. The van der Waals surface area contributed by atoms with Gasteiger partial charge in [0, 0.05) is 12.7 Å². The van der Waals surface area contributed by atoms with E-state index in [0.29, 0.717) is 5.84 Å². The molecule has 1 saturated heterocycles. The van der Waals surface area contributed by atoms with Crippen molar-refractivity contribution in [3.63, 3.8) is 0 Å². The summed E-state index contributed by atoms with van der Waals surface area (Å²) in [5.74, 6) is 0.277. The number of rotatable bonds is 3. The molecule has 0 saturated carbocycles. The Morgan fingerprint density at radius 1 is 1.00 bits per heavy atom. The van der Waals surface area contributed by atoms with Crippen LogP contribution in [0.3, 0.4) is 0 Å². The zero-order valence-corrected chi connectivity index (χ0v) is 13.7. The molecule has 1 aliphatic heterocycles. The second-order valence-electron chi connectivity index (χ2n) is 6.43. The number of hydrogen-bond donors (Lipinski definition) is 1. The van der Waals surface area contributed by atoms with Crippen LogP contribution in [0.2, 0.25) is 0 Å². The first-order valence-electron chi connectivity index (χ1n) is 7.70. The summed E-state index contributed by atoms with van der Waals surface area (Å²) < 4.78 is 0. The number of likely N-dealkylation sites (N-methyl/N-ethyl adjacent to an activating group) is 1. The quantitative estimate of drug-likeness (QED) is 0.943. The first-order valence-corrected chi connectivity index (χ1v) is 7.70. The van der Waals surface area contributed by atoms with E-state index in [1.54, 1.807) is 0 Å². The predicted octanol–water partition coefficient (Wildman–Crippen LogP) is 3.54. The minimum atomic E-state index is -0.669. The normalized spacial score (nSPS) is 20.0. The first-order chi connectivity index (χ1) is 10.9. The van der Waals surface area contributed by atoms with E-state index in [1.807, 2.05) is 86.5 Å². The van der Waals surface area contributed by atoms with Crippen LogP contribution in [-0.4, -0.2) is 24.8 Å². The largest absolute Gasteiger partial charge is 0.363 e. The SMILES string of the molecule is CN(c1ccccc1)C1C(=N)N(c2ccccc2)C(=O)C1(C)C. The topological polar surface area (TPSA) is 47.4 Å². The van der Waals surface area contributed by atoms with Crippen LogP contribution in [0.4, 0.5) is 11.4 Å². The van der Waals surface area contributed by atoms with Gasteiger partial charge in [-0.25, -0.2) is 0 Å². The Labute approximate surface area is 136 Å². The van der Waals surface area contributed by atoms with Crippen molar-refractivity contribution in [2.24, 2.45) is 5.41 Å². The second kappa shape index (κ2) is 5.54. The van der Waals surface area contributed by atoms with Crippen molar-refractivity contribution in [1.29, 1.82) is 5.41 Å². The van der Waals surface area contributed by atoms with Crippen LogP contribution < -0.4 is 9.80 Å². The highest BCUT2D eigenvalue weighted by Crippen LogP contribution is 2.39. The summed E-state index contributed by atoms with van der Waals surface area (Å²) in [5.41, 5.74) is 1.08. The number of amides is 1. The first kappa shape index (κ1) is 15.3. The molecule has 0 bridgehead atoms. The van der Waals surface area contributed by atoms with Crippen molar-refractivity contribution in [3.8, 4) is 0 Å². The van der Waals surface area contributed by atoms with Gasteiger partial charge in [-0.3, -0.25) is 15.1 Å². The predicted molar refractivity (Wildman–Crippen MR) is 94.1 cm³/mol. The molecule has 0 radical (unpaired) electrons. The standard InChI is InChI=1S/C19H21N3O/c1-19(2)16(21(3)14-10-6-4-7-11-14)17(20)22(18(19)23)15-12-8-5-9-13-15/h4-13,16,20H,1-3H3.